The quantitative estimate of drug-likeness (QED) is 0.510. The van der Waals surface area contributed by atoms with Gasteiger partial charge in [-0.3, -0.25) is 4.79 Å². The largest absolute Gasteiger partial charge is 0.416 e. The number of amides is 3. The summed E-state index contributed by atoms with van der Waals surface area (Å²) in [6.07, 6.45) is -3.48. The fourth-order valence-electron chi connectivity index (χ4n) is 4.03. The van der Waals surface area contributed by atoms with E-state index in [9.17, 15) is 27.9 Å². The van der Waals surface area contributed by atoms with Crippen LogP contribution in [-0.4, -0.2) is 86.1 Å². The van der Waals surface area contributed by atoms with Crippen LogP contribution in [0.1, 0.15) is 32.3 Å². The number of nitrogens with one attached hydrogen (secondary N) is 1. The molecule has 1 heterocycles. The van der Waals surface area contributed by atoms with Crippen molar-refractivity contribution >= 4 is 17.6 Å². The van der Waals surface area contributed by atoms with Crippen LogP contribution in [-0.2, 0) is 20.4 Å². The number of hydrogen-bond acceptors (Lipinski definition) is 5. The van der Waals surface area contributed by atoms with Crippen molar-refractivity contribution in [2.75, 3.05) is 52.4 Å². The number of rotatable bonds is 10. The first-order valence-electron chi connectivity index (χ1n) is 11.7. The molecule has 0 unspecified atom stereocenters. The number of likely N-dealkylation sites (N-methyl/N-ethyl adjacent to an activating group) is 1. The summed E-state index contributed by atoms with van der Waals surface area (Å²) in [6, 6.07) is 3.04. The van der Waals surface area contributed by atoms with E-state index < -0.39 is 23.8 Å². The molecular formula is C24H36F3N3O5. The van der Waals surface area contributed by atoms with Crippen LogP contribution >= 0.6 is 0 Å². The second-order valence-electron chi connectivity index (χ2n) is 9.05. The van der Waals surface area contributed by atoms with E-state index in [0.29, 0.717) is 32.6 Å². The predicted octanol–water partition coefficient (Wildman–Crippen LogP) is 3.46. The highest BCUT2D eigenvalue weighted by Gasteiger charge is 2.31. The van der Waals surface area contributed by atoms with Gasteiger partial charge in [0.15, 0.2) is 0 Å². The van der Waals surface area contributed by atoms with Crippen molar-refractivity contribution < 1.29 is 37.3 Å². The van der Waals surface area contributed by atoms with Crippen molar-refractivity contribution in [1.82, 2.24) is 9.80 Å². The topological polar surface area (TPSA) is 91.3 Å². The summed E-state index contributed by atoms with van der Waals surface area (Å²) in [6.45, 7) is 4.91. The molecule has 198 valence electrons. The predicted molar refractivity (Wildman–Crippen MR) is 125 cm³/mol. The molecule has 0 radical (unpaired) electrons. The Morgan fingerprint density at radius 1 is 1.17 bits per heavy atom. The zero-order chi connectivity index (χ0) is 26.2. The minimum Gasteiger partial charge on any atom is -0.394 e. The first-order valence-corrected chi connectivity index (χ1v) is 11.7. The van der Waals surface area contributed by atoms with Gasteiger partial charge in [-0.2, -0.15) is 13.2 Å². The van der Waals surface area contributed by atoms with Crippen molar-refractivity contribution in [2.24, 2.45) is 11.8 Å². The van der Waals surface area contributed by atoms with E-state index in [4.69, 9.17) is 9.47 Å². The van der Waals surface area contributed by atoms with Crippen LogP contribution in [0.15, 0.2) is 24.3 Å². The minimum absolute atomic E-state index is 0.0307. The van der Waals surface area contributed by atoms with Gasteiger partial charge >= 0.3 is 12.2 Å². The first-order chi connectivity index (χ1) is 16.5. The molecule has 3 amide bonds. The number of benzene rings is 1. The number of halogens is 3. The number of alkyl halides is 3. The number of anilines is 1. The Kier molecular flexibility index (Phi) is 10.8. The van der Waals surface area contributed by atoms with Gasteiger partial charge in [-0.05, 0) is 44.0 Å². The summed E-state index contributed by atoms with van der Waals surface area (Å²) >= 11 is 0. The molecule has 1 saturated heterocycles. The van der Waals surface area contributed by atoms with E-state index in [2.05, 4.69) is 5.32 Å². The molecule has 11 heteroatoms. The minimum atomic E-state index is -4.47. The molecule has 0 aromatic heterocycles. The molecule has 0 saturated carbocycles. The van der Waals surface area contributed by atoms with Gasteiger partial charge in [-0.25, -0.2) is 4.79 Å². The van der Waals surface area contributed by atoms with Gasteiger partial charge in [0, 0.05) is 58.0 Å². The standard InChI is InChI=1S/C24H36F3N3O5/c1-16(21(34-4)14-29(3)22(32)18-9-11-35-12-10-18)13-30(17(2)15-31)23(33)28-20-7-5-19(6-8-20)24(25,26)27/h5-8,16-18,21,31H,9-15H2,1-4H3,(H,28,33)/t16-,17-,21+/m0/s1. The number of methoxy groups -OCH3 is 1. The monoisotopic (exact) mass is 503 g/mol. The molecule has 2 rings (SSSR count). The van der Waals surface area contributed by atoms with Gasteiger partial charge in [-0.15, -0.1) is 0 Å². The second kappa shape index (κ2) is 13.1. The average molecular weight is 504 g/mol. The van der Waals surface area contributed by atoms with Crippen LogP contribution in [0.5, 0.6) is 0 Å². The molecular weight excluding hydrogens is 467 g/mol. The highest BCUT2D eigenvalue weighted by molar-refractivity contribution is 5.89. The van der Waals surface area contributed by atoms with Gasteiger partial charge in [0.25, 0.3) is 0 Å². The number of ether oxygens (including phenoxy) is 2. The first kappa shape index (κ1) is 28.9. The molecule has 0 spiro atoms. The fraction of sp³-hybridized carbons (Fsp3) is 0.667. The third kappa shape index (κ3) is 8.36. The lowest BCUT2D eigenvalue weighted by Gasteiger charge is -2.35. The number of aliphatic hydroxyl groups is 1. The van der Waals surface area contributed by atoms with E-state index in [1.807, 2.05) is 6.92 Å². The molecule has 1 aliphatic heterocycles. The Hall–Kier alpha value is -2.37. The van der Waals surface area contributed by atoms with Crippen LogP contribution < -0.4 is 5.32 Å². The fourth-order valence-corrected chi connectivity index (χ4v) is 4.03. The molecule has 35 heavy (non-hydrogen) atoms. The van der Waals surface area contributed by atoms with Crippen molar-refractivity contribution in [1.29, 1.82) is 0 Å². The van der Waals surface area contributed by atoms with E-state index in [1.165, 1.54) is 24.1 Å². The van der Waals surface area contributed by atoms with Crippen LogP contribution in [0.4, 0.5) is 23.7 Å². The Morgan fingerprint density at radius 3 is 2.29 bits per heavy atom. The van der Waals surface area contributed by atoms with E-state index in [1.54, 1.807) is 18.9 Å². The van der Waals surface area contributed by atoms with Crippen molar-refractivity contribution in [2.45, 2.75) is 45.0 Å². The maximum absolute atomic E-state index is 12.9. The number of urea groups is 1. The maximum atomic E-state index is 12.9. The summed E-state index contributed by atoms with van der Waals surface area (Å²) in [5, 5.41) is 12.3. The molecule has 2 N–H and O–H groups in total. The Bertz CT molecular complexity index is 816. The van der Waals surface area contributed by atoms with E-state index >= 15 is 0 Å². The maximum Gasteiger partial charge on any atom is 0.416 e. The number of nitrogens with zero attached hydrogens (tertiary/aromatic N) is 2. The molecule has 1 aromatic rings. The third-order valence-electron chi connectivity index (χ3n) is 6.34. The molecule has 0 bridgehead atoms. The molecule has 1 aliphatic rings. The second-order valence-corrected chi connectivity index (χ2v) is 9.05. The van der Waals surface area contributed by atoms with Gasteiger partial charge < -0.3 is 29.7 Å². The molecule has 1 fully saturated rings. The number of hydrogen-bond donors (Lipinski definition) is 2. The summed E-state index contributed by atoms with van der Waals surface area (Å²) < 4.78 is 49.3. The Labute approximate surface area is 204 Å². The molecule has 8 nitrogen and oxygen atoms in total. The third-order valence-corrected chi connectivity index (χ3v) is 6.34. The van der Waals surface area contributed by atoms with Crippen molar-refractivity contribution in [3.8, 4) is 0 Å². The van der Waals surface area contributed by atoms with Gasteiger partial charge in [-0.1, -0.05) is 6.92 Å². The van der Waals surface area contributed by atoms with Crippen LogP contribution in [0.3, 0.4) is 0 Å². The Balaban J connectivity index is 2.03. The summed E-state index contributed by atoms with van der Waals surface area (Å²) in [7, 11) is 3.26. The average Bonchev–Trinajstić information content (AvgIpc) is 2.84. The zero-order valence-corrected chi connectivity index (χ0v) is 20.7. The summed E-state index contributed by atoms with van der Waals surface area (Å²) in [5.74, 6) is -0.262. The smallest absolute Gasteiger partial charge is 0.394 e. The van der Waals surface area contributed by atoms with Gasteiger partial charge in [0.2, 0.25) is 5.91 Å². The molecule has 3 atom stereocenters. The van der Waals surface area contributed by atoms with Crippen LogP contribution in [0.25, 0.3) is 0 Å². The number of aliphatic hydroxyl groups excluding tert-OH is 1. The lowest BCUT2D eigenvalue weighted by Crippen LogP contribution is -2.49. The molecule has 0 aliphatic carbocycles. The van der Waals surface area contributed by atoms with Crippen LogP contribution in [0, 0.1) is 11.8 Å². The van der Waals surface area contributed by atoms with E-state index in [-0.39, 0.29) is 42.7 Å². The zero-order valence-electron chi connectivity index (χ0n) is 20.7. The van der Waals surface area contributed by atoms with Gasteiger partial charge in [0.05, 0.1) is 24.3 Å². The molecule has 1 aromatic carbocycles. The lowest BCUT2D eigenvalue weighted by atomic mass is 9.97. The summed E-state index contributed by atoms with van der Waals surface area (Å²) in [4.78, 5) is 28.8. The Morgan fingerprint density at radius 2 is 1.77 bits per heavy atom. The summed E-state index contributed by atoms with van der Waals surface area (Å²) in [5.41, 5.74) is -0.608. The highest BCUT2D eigenvalue weighted by Crippen LogP contribution is 2.30. The SMILES string of the molecule is CO[C@H](CN(C)C(=O)C1CCOCC1)[C@@H](C)CN(C(=O)Nc1ccc(C(F)(F)F)cc1)[C@@H](C)CO. The number of carbonyl (C=O) groups is 2. The van der Waals surface area contributed by atoms with Gasteiger partial charge in [0.1, 0.15) is 0 Å². The van der Waals surface area contributed by atoms with Crippen molar-refractivity contribution in [3.05, 3.63) is 29.8 Å². The van der Waals surface area contributed by atoms with E-state index in [0.717, 1.165) is 12.1 Å². The normalized spacial score (nSPS) is 17.4. The number of carbonyl (C=O) groups excluding carboxylic acids is 2. The van der Waals surface area contributed by atoms with Crippen LogP contribution in [0.2, 0.25) is 0 Å². The van der Waals surface area contributed by atoms with Crippen molar-refractivity contribution in [3.63, 3.8) is 0 Å². The highest BCUT2D eigenvalue weighted by atomic mass is 19.4. The lowest BCUT2D eigenvalue weighted by molar-refractivity contribution is -0.139.